The van der Waals surface area contributed by atoms with E-state index in [9.17, 15) is 19.2 Å². The van der Waals surface area contributed by atoms with E-state index in [1.807, 2.05) is 18.3 Å². The standard InChI is InChI=1S/C43H43ClN8O5/c44-36-20-33(11-5-29(36)21-45)57-32-9-3-27(4-10-32)37-22-46-40(47-37)28-1-6-30(7-2-28)51-24-26(25-51)23-49-15-17-50(18-16-49)31-8-12-34-35(19-31)43(56)52(42(34)55)38-13-14-39(53)48-41(38)54/h1-2,5-8,11-12,19-20,22,26-27,32,38H,3-4,9-10,13-18,23-25H2,(H,46,47)(H,48,53,54)/t27?,32?,38-/m1/s1. The van der Waals surface area contributed by atoms with Crippen LogP contribution in [0.25, 0.3) is 11.4 Å². The summed E-state index contributed by atoms with van der Waals surface area (Å²) in [7, 11) is 0. The van der Waals surface area contributed by atoms with Gasteiger partial charge in [-0.15, -0.1) is 0 Å². The Morgan fingerprint density at radius 1 is 0.825 bits per heavy atom. The number of nitriles is 1. The molecule has 1 aliphatic carbocycles. The zero-order valence-corrected chi connectivity index (χ0v) is 32.2. The third-order valence-electron chi connectivity index (χ3n) is 12.2. The van der Waals surface area contributed by atoms with Gasteiger partial charge in [0.15, 0.2) is 0 Å². The first kappa shape index (κ1) is 36.9. The summed E-state index contributed by atoms with van der Waals surface area (Å²) >= 11 is 6.19. The molecule has 0 spiro atoms. The first-order valence-electron chi connectivity index (χ1n) is 19.8. The van der Waals surface area contributed by atoms with Crippen LogP contribution in [-0.4, -0.2) is 101 Å². The van der Waals surface area contributed by atoms with Crippen molar-refractivity contribution in [1.29, 1.82) is 5.26 Å². The number of benzene rings is 3. The van der Waals surface area contributed by atoms with Crippen LogP contribution in [0.3, 0.4) is 0 Å². The van der Waals surface area contributed by atoms with Crippen molar-refractivity contribution in [2.24, 2.45) is 5.92 Å². The predicted octanol–water partition coefficient (Wildman–Crippen LogP) is 5.37. The van der Waals surface area contributed by atoms with E-state index in [4.69, 9.17) is 26.6 Å². The van der Waals surface area contributed by atoms with Gasteiger partial charge in [-0.1, -0.05) is 11.6 Å². The van der Waals surface area contributed by atoms with Crippen LogP contribution in [0.5, 0.6) is 5.75 Å². The zero-order valence-electron chi connectivity index (χ0n) is 31.5. The number of H-pyrrole nitrogens is 1. The van der Waals surface area contributed by atoms with Crippen LogP contribution >= 0.6 is 11.6 Å². The van der Waals surface area contributed by atoms with Crippen LogP contribution < -0.4 is 19.9 Å². The molecule has 0 bridgehead atoms. The molecule has 1 aromatic heterocycles. The van der Waals surface area contributed by atoms with Crippen molar-refractivity contribution in [1.82, 2.24) is 25.1 Å². The van der Waals surface area contributed by atoms with E-state index in [1.54, 1.807) is 24.3 Å². The maximum absolute atomic E-state index is 13.3. The number of aromatic nitrogens is 2. The third kappa shape index (κ3) is 7.35. The Morgan fingerprint density at radius 2 is 1.56 bits per heavy atom. The average molecular weight is 787 g/mol. The van der Waals surface area contributed by atoms with Gasteiger partial charge in [-0.2, -0.15) is 5.26 Å². The summed E-state index contributed by atoms with van der Waals surface area (Å²) in [6.45, 7) is 6.51. The summed E-state index contributed by atoms with van der Waals surface area (Å²) in [6.07, 6.45) is 6.24. The minimum Gasteiger partial charge on any atom is -0.490 e. The van der Waals surface area contributed by atoms with E-state index >= 15 is 0 Å². The highest BCUT2D eigenvalue weighted by Crippen LogP contribution is 2.36. The first-order valence-corrected chi connectivity index (χ1v) is 20.2. The number of amides is 4. The lowest BCUT2D eigenvalue weighted by Crippen LogP contribution is -2.55. The number of piperazine rings is 1. The summed E-state index contributed by atoms with van der Waals surface area (Å²) in [4.78, 5) is 66.9. The second kappa shape index (κ2) is 15.3. The number of hydrogen-bond acceptors (Lipinski definition) is 10. The van der Waals surface area contributed by atoms with Crippen molar-refractivity contribution in [2.45, 2.75) is 56.6 Å². The predicted molar refractivity (Wildman–Crippen MR) is 213 cm³/mol. The van der Waals surface area contributed by atoms with Crippen molar-refractivity contribution < 1.29 is 23.9 Å². The second-order valence-electron chi connectivity index (χ2n) is 15.8. The van der Waals surface area contributed by atoms with Crippen LogP contribution in [0.4, 0.5) is 11.4 Å². The number of halogens is 1. The number of hydrogen-bond donors (Lipinski definition) is 2. The van der Waals surface area contributed by atoms with E-state index in [0.717, 1.165) is 99.2 Å². The lowest BCUT2D eigenvalue weighted by Gasteiger charge is -2.45. The molecule has 5 aliphatic rings. The molecule has 4 fully saturated rings. The fraction of sp³-hybridized carbons (Fsp3) is 0.395. The Kier molecular flexibility index (Phi) is 9.92. The van der Waals surface area contributed by atoms with E-state index in [1.165, 1.54) is 5.69 Å². The minimum atomic E-state index is -0.965. The summed E-state index contributed by atoms with van der Waals surface area (Å²) < 4.78 is 6.18. The van der Waals surface area contributed by atoms with Gasteiger partial charge in [-0.05, 0) is 86.7 Å². The highest BCUT2D eigenvalue weighted by Gasteiger charge is 2.45. The van der Waals surface area contributed by atoms with Gasteiger partial charge >= 0.3 is 0 Å². The molecule has 292 valence electrons. The van der Waals surface area contributed by atoms with Gasteiger partial charge in [-0.25, -0.2) is 4.98 Å². The highest BCUT2D eigenvalue weighted by atomic mass is 35.5. The third-order valence-corrected chi connectivity index (χ3v) is 12.5. The number of nitrogens with one attached hydrogen (secondary N) is 2. The number of carbonyl (C=O) groups is 4. The average Bonchev–Trinajstić information content (AvgIpc) is 3.79. The monoisotopic (exact) mass is 786 g/mol. The Bertz CT molecular complexity index is 2260. The number of fused-ring (bicyclic) bond motifs is 1. The number of anilines is 2. The molecule has 14 heteroatoms. The lowest BCUT2D eigenvalue weighted by molar-refractivity contribution is -0.136. The number of piperidine rings is 1. The molecule has 0 unspecified atom stereocenters. The highest BCUT2D eigenvalue weighted by molar-refractivity contribution is 6.31. The Morgan fingerprint density at radius 3 is 2.28 bits per heavy atom. The molecule has 3 saturated heterocycles. The van der Waals surface area contributed by atoms with Crippen LogP contribution in [0.1, 0.15) is 76.4 Å². The van der Waals surface area contributed by atoms with E-state index in [2.05, 4.69) is 55.3 Å². The van der Waals surface area contributed by atoms with Gasteiger partial charge < -0.3 is 19.5 Å². The topological polar surface area (TPSA) is 155 Å². The maximum Gasteiger partial charge on any atom is 0.262 e. The number of nitrogens with zero attached hydrogens (tertiary/aromatic N) is 6. The molecule has 4 aromatic rings. The van der Waals surface area contributed by atoms with Crippen LogP contribution in [0.2, 0.25) is 5.02 Å². The molecule has 9 rings (SSSR count). The molecular formula is C43H43ClN8O5. The summed E-state index contributed by atoms with van der Waals surface area (Å²) in [5, 5.41) is 11.8. The number of carbonyl (C=O) groups excluding carboxylic acids is 4. The van der Waals surface area contributed by atoms with E-state index in [0.29, 0.717) is 39.3 Å². The molecular weight excluding hydrogens is 744 g/mol. The zero-order chi connectivity index (χ0) is 39.2. The van der Waals surface area contributed by atoms with Crippen LogP contribution in [0.15, 0.2) is 66.9 Å². The van der Waals surface area contributed by atoms with Crippen LogP contribution in [0, 0.1) is 17.2 Å². The molecule has 57 heavy (non-hydrogen) atoms. The number of imidazole rings is 1. The first-order chi connectivity index (χ1) is 27.7. The van der Waals surface area contributed by atoms with Crippen molar-refractivity contribution in [3.63, 3.8) is 0 Å². The van der Waals surface area contributed by atoms with Crippen molar-refractivity contribution in [2.75, 3.05) is 55.6 Å². The SMILES string of the molecule is N#Cc1ccc(OC2CCC(c3cnc(-c4ccc(N5CC(CN6CCN(c7ccc8c(c7)C(=O)N([C@@H]7CCC(=O)NC7=O)C8=O)CC6)C5)cc4)[nH]3)CC2)cc1Cl. The second-order valence-corrected chi connectivity index (χ2v) is 16.2. The molecule has 1 saturated carbocycles. The van der Waals surface area contributed by atoms with Crippen molar-refractivity contribution in [3.8, 4) is 23.2 Å². The summed E-state index contributed by atoms with van der Waals surface area (Å²) in [6, 6.07) is 20.4. The smallest absolute Gasteiger partial charge is 0.262 e. The van der Waals surface area contributed by atoms with Crippen molar-refractivity contribution >= 4 is 46.6 Å². The lowest BCUT2D eigenvalue weighted by atomic mass is 9.85. The minimum absolute atomic E-state index is 0.0980. The number of ether oxygens (including phenoxy) is 1. The molecule has 4 aliphatic heterocycles. The van der Waals surface area contributed by atoms with Gasteiger partial charge in [0.05, 0.1) is 27.8 Å². The Balaban J connectivity index is 0.718. The molecule has 3 aromatic carbocycles. The van der Waals surface area contributed by atoms with Crippen molar-refractivity contribution in [3.05, 3.63) is 94.3 Å². The molecule has 1 atom stereocenters. The summed E-state index contributed by atoms with van der Waals surface area (Å²) in [5.41, 5.74) is 5.41. The van der Waals surface area contributed by atoms with Gasteiger partial charge in [0, 0.05) is 99.0 Å². The normalized spacial score (nSPS) is 22.9. The van der Waals surface area contributed by atoms with Gasteiger partial charge in [0.1, 0.15) is 23.7 Å². The van der Waals surface area contributed by atoms with Gasteiger partial charge in [0.25, 0.3) is 11.8 Å². The Hall–Kier alpha value is -5.71. The fourth-order valence-electron chi connectivity index (χ4n) is 8.97. The van der Waals surface area contributed by atoms with E-state index in [-0.39, 0.29) is 24.9 Å². The largest absolute Gasteiger partial charge is 0.490 e. The number of imide groups is 2. The molecule has 2 N–H and O–H groups in total. The molecule has 5 heterocycles. The van der Waals surface area contributed by atoms with E-state index < -0.39 is 23.8 Å². The van der Waals surface area contributed by atoms with Gasteiger partial charge in [-0.3, -0.25) is 34.3 Å². The molecule has 4 amide bonds. The van der Waals surface area contributed by atoms with Crippen LogP contribution in [-0.2, 0) is 9.59 Å². The Labute approximate surface area is 335 Å². The number of rotatable bonds is 9. The molecule has 0 radical (unpaired) electrons. The summed E-state index contributed by atoms with van der Waals surface area (Å²) in [5.74, 6) is 0.645. The van der Waals surface area contributed by atoms with Gasteiger partial charge in [0.2, 0.25) is 11.8 Å². The maximum atomic E-state index is 13.3. The fourth-order valence-corrected chi connectivity index (χ4v) is 9.18. The molecule has 13 nitrogen and oxygen atoms in total. The number of aromatic amines is 1. The quantitative estimate of drug-likeness (QED) is 0.212.